The summed E-state index contributed by atoms with van der Waals surface area (Å²) in [5.41, 5.74) is 5.43. The Morgan fingerprint density at radius 3 is 2.46 bits per heavy atom. The quantitative estimate of drug-likeness (QED) is 0.511. The van der Waals surface area contributed by atoms with Crippen LogP contribution in [0, 0.1) is 0 Å². The largest absolute Gasteiger partial charge is 0.317 e. The fraction of sp³-hybridized carbons (Fsp3) is 0.409. The van der Waals surface area contributed by atoms with Gasteiger partial charge in [0.15, 0.2) is 0 Å². The van der Waals surface area contributed by atoms with Crippen LogP contribution in [0.15, 0.2) is 42.5 Å². The molecule has 0 bridgehead atoms. The molecule has 150 valence electrons. The molecule has 5 nitrogen and oxygen atoms in total. The van der Waals surface area contributed by atoms with E-state index in [1.54, 1.807) is 0 Å². The van der Waals surface area contributed by atoms with Gasteiger partial charge in [0.1, 0.15) is 0 Å². The Balaban J connectivity index is 2.00. The first kappa shape index (κ1) is 20.7. The van der Waals surface area contributed by atoms with E-state index < -0.39 is 0 Å². The first-order chi connectivity index (χ1) is 13.7. The van der Waals surface area contributed by atoms with E-state index in [1.807, 2.05) is 11.0 Å². The van der Waals surface area contributed by atoms with Crippen molar-refractivity contribution in [2.24, 2.45) is 0 Å². The molecule has 1 aliphatic heterocycles. The number of hydrogen-bond acceptors (Lipinski definition) is 5. The maximum absolute atomic E-state index is 13.4. The molecule has 0 fully saturated rings. The topological polar surface area (TPSA) is 47.6 Å². The maximum Gasteiger partial charge on any atom is 0.245 e. The predicted molar refractivity (Wildman–Crippen MR) is 120 cm³/mol. The zero-order chi connectivity index (χ0) is 19.9. The fourth-order valence-corrected chi connectivity index (χ4v) is 3.99. The van der Waals surface area contributed by atoms with Crippen molar-refractivity contribution in [2.75, 3.05) is 35.8 Å². The van der Waals surface area contributed by atoms with Gasteiger partial charge in [-0.25, -0.2) is 4.72 Å². The second-order valence-electron chi connectivity index (χ2n) is 6.86. The molecule has 1 aliphatic rings. The number of anilines is 3. The SMILES string of the molecule is CCNSNc1ccc2c(c1)N(C(=O)CN(CC)CC)c1ccccc1CC2. The molecule has 0 unspecified atom stereocenters. The number of likely N-dealkylation sites (N-methyl/N-ethyl adjacent to an activating group) is 1. The lowest BCUT2D eigenvalue weighted by Crippen LogP contribution is -2.38. The van der Waals surface area contributed by atoms with Crippen molar-refractivity contribution in [3.8, 4) is 0 Å². The molecule has 0 saturated carbocycles. The molecule has 0 atom stereocenters. The number of nitrogens with one attached hydrogen (secondary N) is 2. The van der Waals surface area contributed by atoms with Crippen LogP contribution in [-0.4, -0.2) is 37.0 Å². The molecule has 1 heterocycles. The van der Waals surface area contributed by atoms with E-state index in [2.05, 4.69) is 71.5 Å². The third-order valence-electron chi connectivity index (χ3n) is 5.11. The maximum atomic E-state index is 13.4. The van der Waals surface area contributed by atoms with Crippen LogP contribution >= 0.6 is 12.1 Å². The second-order valence-corrected chi connectivity index (χ2v) is 7.56. The lowest BCUT2D eigenvalue weighted by Gasteiger charge is -2.28. The van der Waals surface area contributed by atoms with Crippen LogP contribution in [0.3, 0.4) is 0 Å². The smallest absolute Gasteiger partial charge is 0.245 e. The van der Waals surface area contributed by atoms with Gasteiger partial charge in [0.05, 0.1) is 17.9 Å². The van der Waals surface area contributed by atoms with Crippen molar-refractivity contribution >= 4 is 35.1 Å². The van der Waals surface area contributed by atoms with Crippen LogP contribution in [-0.2, 0) is 17.6 Å². The molecule has 1 amide bonds. The number of hydrogen-bond donors (Lipinski definition) is 2. The monoisotopic (exact) mass is 398 g/mol. The van der Waals surface area contributed by atoms with Gasteiger partial charge in [0.25, 0.3) is 0 Å². The lowest BCUT2D eigenvalue weighted by molar-refractivity contribution is -0.119. The number of aryl methyl sites for hydroxylation is 2. The van der Waals surface area contributed by atoms with Crippen molar-refractivity contribution in [1.29, 1.82) is 0 Å². The average Bonchev–Trinajstić information content (AvgIpc) is 2.88. The zero-order valence-electron chi connectivity index (χ0n) is 17.0. The molecule has 2 aromatic carbocycles. The molecule has 0 radical (unpaired) electrons. The van der Waals surface area contributed by atoms with E-state index in [1.165, 1.54) is 23.3 Å². The number of rotatable bonds is 8. The molecular weight excluding hydrogens is 368 g/mol. The summed E-state index contributed by atoms with van der Waals surface area (Å²) in [6.45, 7) is 9.30. The number of amides is 1. The molecule has 0 saturated heterocycles. The van der Waals surface area contributed by atoms with Crippen LogP contribution in [0.25, 0.3) is 0 Å². The zero-order valence-corrected chi connectivity index (χ0v) is 17.8. The normalized spacial score (nSPS) is 13.1. The Kier molecular flexibility index (Phi) is 7.36. The number of nitrogens with zero attached hydrogens (tertiary/aromatic N) is 2. The molecule has 2 N–H and O–H groups in total. The minimum atomic E-state index is 0.121. The van der Waals surface area contributed by atoms with E-state index in [0.29, 0.717) is 6.54 Å². The minimum absolute atomic E-state index is 0.121. The summed E-state index contributed by atoms with van der Waals surface area (Å²) in [5.74, 6) is 0.121. The van der Waals surface area contributed by atoms with Gasteiger partial charge in [0, 0.05) is 24.4 Å². The Morgan fingerprint density at radius 1 is 1.04 bits per heavy atom. The molecule has 28 heavy (non-hydrogen) atoms. The molecule has 0 spiro atoms. The Labute approximate surface area is 172 Å². The predicted octanol–water partition coefficient (Wildman–Crippen LogP) is 4.38. The van der Waals surface area contributed by atoms with E-state index in [-0.39, 0.29) is 5.91 Å². The van der Waals surface area contributed by atoms with Crippen LogP contribution in [0.5, 0.6) is 0 Å². The van der Waals surface area contributed by atoms with Crippen molar-refractivity contribution in [3.63, 3.8) is 0 Å². The van der Waals surface area contributed by atoms with Gasteiger partial charge >= 0.3 is 0 Å². The van der Waals surface area contributed by atoms with E-state index in [9.17, 15) is 4.79 Å². The lowest BCUT2D eigenvalue weighted by atomic mass is 10.0. The Bertz CT molecular complexity index is 807. The van der Waals surface area contributed by atoms with Gasteiger partial charge in [-0.15, -0.1) is 0 Å². The van der Waals surface area contributed by atoms with Crippen molar-refractivity contribution in [3.05, 3.63) is 53.6 Å². The van der Waals surface area contributed by atoms with Gasteiger partial charge in [-0.1, -0.05) is 45.0 Å². The fourth-order valence-electron chi connectivity index (χ4n) is 3.53. The van der Waals surface area contributed by atoms with E-state index in [0.717, 1.165) is 49.5 Å². The van der Waals surface area contributed by atoms with Gasteiger partial charge in [0.2, 0.25) is 5.91 Å². The van der Waals surface area contributed by atoms with Crippen LogP contribution in [0.4, 0.5) is 17.1 Å². The first-order valence-corrected chi connectivity index (χ1v) is 10.9. The molecule has 0 aliphatic carbocycles. The third kappa shape index (κ3) is 4.69. The number of para-hydroxylation sites is 1. The third-order valence-corrected chi connectivity index (χ3v) is 5.88. The van der Waals surface area contributed by atoms with Crippen LogP contribution < -0.4 is 14.3 Å². The van der Waals surface area contributed by atoms with Crippen molar-refractivity contribution < 1.29 is 4.79 Å². The Hall–Kier alpha value is -2.02. The summed E-state index contributed by atoms with van der Waals surface area (Å²) in [5, 5.41) is 0. The highest BCUT2D eigenvalue weighted by Crippen LogP contribution is 2.38. The molecule has 3 rings (SSSR count). The van der Waals surface area contributed by atoms with Crippen molar-refractivity contribution in [2.45, 2.75) is 33.6 Å². The van der Waals surface area contributed by atoms with Crippen LogP contribution in [0.1, 0.15) is 31.9 Å². The summed E-state index contributed by atoms with van der Waals surface area (Å²) in [4.78, 5) is 17.5. The minimum Gasteiger partial charge on any atom is -0.317 e. The average molecular weight is 399 g/mol. The summed E-state index contributed by atoms with van der Waals surface area (Å²) >= 11 is 1.46. The summed E-state index contributed by atoms with van der Waals surface area (Å²) in [6.07, 6.45) is 1.87. The summed E-state index contributed by atoms with van der Waals surface area (Å²) < 4.78 is 6.52. The second kappa shape index (κ2) is 9.96. The molecule has 6 heteroatoms. The number of fused-ring (bicyclic) bond motifs is 2. The molecule has 2 aromatic rings. The number of benzene rings is 2. The summed E-state index contributed by atoms with van der Waals surface area (Å²) in [7, 11) is 0. The van der Waals surface area contributed by atoms with Crippen LogP contribution in [0.2, 0.25) is 0 Å². The number of carbonyl (C=O) groups is 1. The van der Waals surface area contributed by atoms with Gasteiger partial charge in [-0.2, -0.15) is 0 Å². The van der Waals surface area contributed by atoms with Crippen molar-refractivity contribution in [1.82, 2.24) is 9.62 Å². The summed E-state index contributed by atoms with van der Waals surface area (Å²) in [6, 6.07) is 14.6. The molecule has 0 aromatic heterocycles. The van der Waals surface area contributed by atoms with Gasteiger partial charge < -0.3 is 4.72 Å². The standard InChI is InChI=1S/C22H30N4OS/c1-4-23-28-24-19-14-13-18-12-11-17-9-7-8-10-20(17)26(21(18)15-19)22(27)16-25(5-2)6-3/h7-10,13-15,23-24H,4-6,11-12,16H2,1-3H3. The highest BCUT2D eigenvalue weighted by atomic mass is 32.2. The van der Waals surface area contributed by atoms with Gasteiger partial charge in [-0.3, -0.25) is 14.6 Å². The van der Waals surface area contributed by atoms with Gasteiger partial charge in [-0.05, 0) is 55.3 Å². The highest BCUT2D eigenvalue weighted by Gasteiger charge is 2.26. The first-order valence-electron chi connectivity index (χ1n) is 10.1. The highest BCUT2D eigenvalue weighted by molar-refractivity contribution is 7.98. The van der Waals surface area contributed by atoms with E-state index >= 15 is 0 Å². The molecular formula is C22H30N4OS. The van der Waals surface area contributed by atoms with E-state index in [4.69, 9.17) is 0 Å². The number of carbonyl (C=O) groups excluding carboxylic acids is 1. The Morgan fingerprint density at radius 2 is 1.75 bits per heavy atom.